The van der Waals surface area contributed by atoms with Crippen LogP contribution in [-0.2, 0) is 21.4 Å². The standard InChI is InChI=1S/C24H28N4O5S/c1-3-28(4-2)34(30,31)19-12-13-21(27-14-8-9-15-27)20(16-19)24(29)32-17-22-25-26-23(33-22)18-10-6-5-7-11-18/h5-7,10-13,16H,3-4,8-9,14-15,17H2,1-2H3. The van der Waals surface area contributed by atoms with Crippen LogP contribution in [0.25, 0.3) is 11.5 Å². The van der Waals surface area contributed by atoms with Crippen LogP contribution < -0.4 is 4.90 Å². The molecule has 180 valence electrons. The van der Waals surface area contributed by atoms with Crippen molar-refractivity contribution >= 4 is 21.7 Å². The van der Waals surface area contributed by atoms with Crippen LogP contribution in [-0.4, -0.2) is 55.1 Å². The molecule has 0 aliphatic carbocycles. The maximum Gasteiger partial charge on any atom is 0.340 e. The molecule has 1 saturated heterocycles. The fourth-order valence-electron chi connectivity index (χ4n) is 4.00. The number of sulfonamides is 1. The predicted molar refractivity (Wildman–Crippen MR) is 127 cm³/mol. The molecule has 4 rings (SSSR count). The summed E-state index contributed by atoms with van der Waals surface area (Å²) in [7, 11) is -3.73. The molecule has 0 spiro atoms. The summed E-state index contributed by atoms with van der Waals surface area (Å²) < 4.78 is 38.5. The number of nitrogens with zero attached hydrogens (tertiary/aromatic N) is 4. The van der Waals surface area contributed by atoms with Gasteiger partial charge in [0.25, 0.3) is 5.89 Å². The van der Waals surface area contributed by atoms with Crippen molar-refractivity contribution in [2.24, 2.45) is 0 Å². The molecular formula is C24H28N4O5S. The second-order valence-electron chi connectivity index (χ2n) is 7.91. The molecule has 0 N–H and O–H groups in total. The van der Waals surface area contributed by atoms with Crippen molar-refractivity contribution in [1.82, 2.24) is 14.5 Å². The molecule has 1 aliphatic rings. The molecule has 0 unspecified atom stereocenters. The van der Waals surface area contributed by atoms with Crippen molar-refractivity contribution in [3.63, 3.8) is 0 Å². The van der Waals surface area contributed by atoms with Gasteiger partial charge < -0.3 is 14.1 Å². The molecule has 0 amide bonds. The van der Waals surface area contributed by atoms with Gasteiger partial charge in [0.1, 0.15) is 0 Å². The quantitative estimate of drug-likeness (QED) is 0.423. The summed E-state index contributed by atoms with van der Waals surface area (Å²) in [5.41, 5.74) is 1.63. The molecule has 3 aromatic rings. The van der Waals surface area contributed by atoms with Gasteiger partial charge in [0.15, 0.2) is 6.61 Å². The Morgan fingerprint density at radius 1 is 1.06 bits per heavy atom. The molecule has 0 atom stereocenters. The molecule has 34 heavy (non-hydrogen) atoms. The van der Waals surface area contributed by atoms with Gasteiger partial charge >= 0.3 is 5.97 Å². The van der Waals surface area contributed by atoms with E-state index in [4.69, 9.17) is 9.15 Å². The summed E-state index contributed by atoms with van der Waals surface area (Å²) in [4.78, 5) is 15.3. The van der Waals surface area contributed by atoms with Gasteiger partial charge in [-0.25, -0.2) is 13.2 Å². The molecule has 1 aliphatic heterocycles. The SMILES string of the molecule is CCN(CC)S(=O)(=O)c1ccc(N2CCCC2)c(C(=O)OCc2nnc(-c3ccccc3)o2)c1. The van der Waals surface area contributed by atoms with Crippen LogP contribution >= 0.6 is 0 Å². The Labute approximate surface area is 199 Å². The third kappa shape index (κ3) is 4.97. The zero-order valence-electron chi connectivity index (χ0n) is 19.3. The number of hydrogen-bond acceptors (Lipinski definition) is 8. The van der Waals surface area contributed by atoms with Gasteiger partial charge in [-0.2, -0.15) is 4.31 Å². The highest BCUT2D eigenvalue weighted by Gasteiger charge is 2.27. The number of ether oxygens (including phenoxy) is 1. The second-order valence-corrected chi connectivity index (χ2v) is 9.84. The molecule has 2 aromatic carbocycles. The van der Waals surface area contributed by atoms with E-state index in [1.165, 1.54) is 10.4 Å². The van der Waals surface area contributed by atoms with Crippen LogP contribution in [0, 0.1) is 0 Å². The lowest BCUT2D eigenvalue weighted by molar-refractivity contribution is 0.0439. The van der Waals surface area contributed by atoms with Crippen LogP contribution in [0.3, 0.4) is 0 Å². The first kappa shape index (κ1) is 23.9. The van der Waals surface area contributed by atoms with Crippen LogP contribution in [0.15, 0.2) is 57.8 Å². The smallest absolute Gasteiger partial charge is 0.340 e. The molecule has 0 saturated carbocycles. The average Bonchev–Trinajstić information content (AvgIpc) is 3.56. The van der Waals surface area contributed by atoms with Gasteiger partial charge in [0.2, 0.25) is 15.9 Å². The molecule has 10 heteroatoms. The van der Waals surface area contributed by atoms with Crippen molar-refractivity contribution < 1.29 is 22.4 Å². The number of rotatable bonds is 9. The van der Waals surface area contributed by atoms with E-state index in [-0.39, 0.29) is 23.0 Å². The summed E-state index contributed by atoms with van der Waals surface area (Å²) in [5, 5.41) is 7.95. The zero-order valence-corrected chi connectivity index (χ0v) is 20.1. The van der Waals surface area contributed by atoms with Gasteiger partial charge in [-0.15, -0.1) is 10.2 Å². The van der Waals surface area contributed by atoms with Crippen LogP contribution in [0.5, 0.6) is 0 Å². The Kier molecular flexibility index (Phi) is 7.28. The van der Waals surface area contributed by atoms with Crippen molar-refractivity contribution in [1.29, 1.82) is 0 Å². The molecule has 1 fully saturated rings. The fraction of sp³-hybridized carbons (Fsp3) is 0.375. The fourth-order valence-corrected chi connectivity index (χ4v) is 5.48. The highest BCUT2D eigenvalue weighted by Crippen LogP contribution is 2.29. The summed E-state index contributed by atoms with van der Waals surface area (Å²) in [5.74, 6) is -0.156. The van der Waals surface area contributed by atoms with E-state index >= 15 is 0 Å². The van der Waals surface area contributed by atoms with Crippen molar-refractivity contribution in [2.75, 3.05) is 31.1 Å². The third-order valence-corrected chi connectivity index (χ3v) is 7.84. The number of anilines is 1. The number of aromatic nitrogens is 2. The van der Waals surface area contributed by atoms with Gasteiger partial charge in [-0.3, -0.25) is 0 Å². The summed E-state index contributed by atoms with van der Waals surface area (Å²) in [6, 6.07) is 13.9. The first-order valence-corrected chi connectivity index (χ1v) is 12.8. The van der Waals surface area contributed by atoms with E-state index < -0.39 is 16.0 Å². The van der Waals surface area contributed by atoms with Gasteiger partial charge in [0.05, 0.1) is 16.1 Å². The normalized spacial score (nSPS) is 14.0. The Morgan fingerprint density at radius 2 is 1.76 bits per heavy atom. The Bertz CT molecular complexity index is 1230. The van der Waals surface area contributed by atoms with E-state index in [2.05, 4.69) is 15.1 Å². The van der Waals surface area contributed by atoms with Gasteiger partial charge in [-0.1, -0.05) is 32.0 Å². The Balaban J connectivity index is 1.58. The number of carbonyl (C=O) groups is 1. The third-order valence-electron chi connectivity index (χ3n) is 5.79. The second kappa shape index (κ2) is 10.4. The number of carbonyl (C=O) groups excluding carboxylic acids is 1. The zero-order chi connectivity index (χ0) is 24.1. The minimum Gasteiger partial charge on any atom is -0.452 e. The molecule has 1 aromatic heterocycles. The van der Waals surface area contributed by atoms with Crippen molar-refractivity contribution in [3.8, 4) is 11.5 Å². The first-order chi connectivity index (χ1) is 16.4. The molecule has 9 nitrogen and oxygen atoms in total. The molecule has 0 radical (unpaired) electrons. The highest BCUT2D eigenvalue weighted by molar-refractivity contribution is 7.89. The molecule has 0 bridgehead atoms. The predicted octanol–water partition coefficient (Wildman–Crippen LogP) is 3.72. The highest BCUT2D eigenvalue weighted by atomic mass is 32.2. The van der Waals surface area contributed by atoms with Gasteiger partial charge in [-0.05, 0) is 43.2 Å². The van der Waals surface area contributed by atoms with E-state index in [9.17, 15) is 13.2 Å². The van der Waals surface area contributed by atoms with E-state index in [0.717, 1.165) is 31.5 Å². The average molecular weight is 485 g/mol. The number of benzene rings is 2. The summed E-state index contributed by atoms with van der Waals surface area (Å²) >= 11 is 0. The topological polar surface area (TPSA) is 106 Å². The van der Waals surface area contributed by atoms with Crippen LogP contribution in [0.2, 0.25) is 0 Å². The largest absolute Gasteiger partial charge is 0.452 e. The lowest BCUT2D eigenvalue weighted by Gasteiger charge is -2.23. The summed E-state index contributed by atoms with van der Waals surface area (Å²) in [6.07, 6.45) is 2.02. The van der Waals surface area contributed by atoms with E-state index in [1.54, 1.807) is 26.0 Å². The lowest BCUT2D eigenvalue weighted by Crippen LogP contribution is -2.31. The maximum absolute atomic E-state index is 13.1. The van der Waals surface area contributed by atoms with Crippen molar-refractivity contribution in [3.05, 3.63) is 60.0 Å². The minimum absolute atomic E-state index is 0.0650. The minimum atomic E-state index is -3.73. The van der Waals surface area contributed by atoms with Gasteiger partial charge in [0, 0.05) is 31.7 Å². The lowest BCUT2D eigenvalue weighted by atomic mass is 10.1. The Morgan fingerprint density at radius 3 is 2.44 bits per heavy atom. The van der Waals surface area contributed by atoms with Crippen LogP contribution in [0.4, 0.5) is 5.69 Å². The number of hydrogen-bond donors (Lipinski definition) is 0. The Hall–Kier alpha value is -3.24. The first-order valence-electron chi connectivity index (χ1n) is 11.4. The van der Waals surface area contributed by atoms with Crippen molar-refractivity contribution in [2.45, 2.75) is 38.2 Å². The van der Waals surface area contributed by atoms with E-state index in [1.807, 2.05) is 30.3 Å². The van der Waals surface area contributed by atoms with Crippen LogP contribution in [0.1, 0.15) is 42.9 Å². The number of esters is 1. The maximum atomic E-state index is 13.1. The molecule has 2 heterocycles. The summed E-state index contributed by atoms with van der Waals surface area (Å²) in [6.45, 7) is 5.62. The van der Waals surface area contributed by atoms with E-state index in [0.29, 0.717) is 24.7 Å². The molecular weight excluding hydrogens is 456 g/mol. The monoisotopic (exact) mass is 484 g/mol.